The molecule has 0 atom stereocenters. The number of carbonyl (C=O) groups is 1. The van der Waals surface area contributed by atoms with Crippen LogP contribution in [0.1, 0.15) is 5.56 Å². The first-order valence-corrected chi connectivity index (χ1v) is 5.26. The zero-order chi connectivity index (χ0) is 11.1. The molecule has 0 spiro atoms. The number of hydrogen-bond donors (Lipinski definition) is 2. The first-order valence-electron chi connectivity index (χ1n) is 4.88. The lowest BCUT2D eigenvalue weighted by molar-refractivity contribution is -0.120. The smallest absolute Gasteiger partial charge is 0.233 e. The fraction of sp³-hybridized carbons (Fsp3) is 0.364. The molecule has 0 aromatic heterocycles. The molecule has 0 radical (unpaired) electrons. The first-order chi connectivity index (χ1) is 7.22. The van der Waals surface area contributed by atoms with Gasteiger partial charge in [-0.25, -0.2) is 0 Å². The van der Waals surface area contributed by atoms with Crippen molar-refractivity contribution in [2.75, 3.05) is 20.1 Å². The maximum Gasteiger partial charge on any atom is 0.233 e. The molecule has 0 fully saturated rings. The van der Waals surface area contributed by atoms with E-state index in [0.29, 0.717) is 13.1 Å². The molecule has 0 bridgehead atoms. The minimum atomic E-state index is 0.0199. The number of amides is 1. The van der Waals surface area contributed by atoms with Gasteiger partial charge in [0.15, 0.2) is 0 Å². The van der Waals surface area contributed by atoms with Crippen molar-refractivity contribution in [3.05, 3.63) is 34.9 Å². The van der Waals surface area contributed by atoms with Crippen molar-refractivity contribution in [1.29, 1.82) is 0 Å². The van der Waals surface area contributed by atoms with Crippen molar-refractivity contribution in [3.8, 4) is 0 Å². The Kier molecular flexibility index (Phi) is 5.15. The van der Waals surface area contributed by atoms with Crippen molar-refractivity contribution in [2.45, 2.75) is 6.42 Å². The van der Waals surface area contributed by atoms with Crippen LogP contribution in [0.5, 0.6) is 0 Å². The molecule has 2 N–H and O–H groups in total. The van der Waals surface area contributed by atoms with E-state index in [-0.39, 0.29) is 5.91 Å². The molecule has 0 saturated carbocycles. The number of rotatable bonds is 5. The van der Waals surface area contributed by atoms with Gasteiger partial charge in [-0.15, -0.1) is 0 Å². The average Bonchev–Trinajstić information content (AvgIpc) is 2.21. The van der Waals surface area contributed by atoms with Crippen LogP contribution in [-0.4, -0.2) is 26.0 Å². The quantitative estimate of drug-likeness (QED) is 0.793. The molecule has 3 nitrogen and oxygen atoms in total. The Morgan fingerprint density at radius 2 is 2.00 bits per heavy atom. The number of likely N-dealkylation sites (N-methyl/N-ethyl adjacent to an activating group) is 1. The van der Waals surface area contributed by atoms with Crippen LogP contribution >= 0.6 is 11.6 Å². The first kappa shape index (κ1) is 12.0. The Morgan fingerprint density at radius 1 is 1.33 bits per heavy atom. The minimum absolute atomic E-state index is 0.0199. The number of benzene rings is 1. The summed E-state index contributed by atoms with van der Waals surface area (Å²) in [6, 6.07) is 7.64. The van der Waals surface area contributed by atoms with Gasteiger partial charge in [0.05, 0.1) is 6.54 Å². The predicted molar refractivity (Wildman–Crippen MR) is 62.1 cm³/mol. The predicted octanol–water partition coefficient (Wildman–Crippen LogP) is 1.22. The van der Waals surface area contributed by atoms with Gasteiger partial charge in [-0.1, -0.05) is 23.7 Å². The van der Waals surface area contributed by atoms with Crippen molar-refractivity contribution < 1.29 is 4.79 Å². The molecule has 15 heavy (non-hydrogen) atoms. The molecule has 1 aromatic carbocycles. The third kappa shape index (κ3) is 4.81. The van der Waals surface area contributed by atoms with Crippen LogP contribution in [-0.2, 0) is 11.2 Å². The van der Waals surface area contributed by atoms with Crippen LogP contribution in [0, 0.1) is 0 Å². The Bertz CT molecular complexity index is 311. The summed E-state index contributed by atoms with van der Waals surface area (Å²) in [5.41, 5.74) is 1.17. The van der Waals surface area contributed by atoms with Gasteiger partial charge < -0.3 is 10.6 Å². The maximum atomic E-state index is 11.1. The normalized spacial score (nSPS) is 10.0. The van der Waals surface area contributed by atoms with Gasteiger partial charge in [-0.05, 0) is 31.2 Å². The monoisotopic (exact) mass is 226 g/mol. The highest BCUT2D eigenvalue weighted by Crippen LogP contribution is 2.09. The van der Waals surface area contributed by atoms with Crippen LogP contribution in [0.4, 0.5) is 0 Å². The van der Waals surface area contributed by atoms with Crippen molar-refractivity contribution in [2.24, 2.45) is 0 Å². The molecule has 82 valence electrons. The number of carbonyl (C=O) groups excluding carboxylic acids is 1. The SMILES string of the molecule is CNCC(=O)NCCc1ccc(Cl)cc1. The van der Waals surface area contributed by atoms with Gasteiger partial charge in [-0.2, -0.15) is 0 Å². The zero-order valence-electron chi connectivity index (χ0n) is 8.72. The number of nitrogens with one attached hydrogen (secondary N) is 2. The zero-order valence-corrected chi connectivity index (χ0v) is 9.47. The van der Waals surface area contributed by atoms with Gasteiger partial charge in [0.1, 0.15) is 0 Å². The third-order valence-electron chi connectivity index (χ3n) is 1.99. The fourth-order valence-electron chi connectivity index (χ4n) is 1.22. The summed E-state index contributed by atoms with van der Waals surface area (Å²) < 4.78 is 0. The molecule has 1 aromatic rings. The molecule has 0 aliphatic carbocycles. The Labute approximate surface area is 94.8 Å². The second-order valence-corrected chi connectivity index (χ2v) is 3.69. The van der Waals surface area contributed by atoms with Gasteiger partial charge in [-0.3, -0.25) is 4.79 Å². The minimum Gasteiger partial charge on any atom is -0.355 e. The van der Waals surface area contributed by atoms with Crippen molar-refractivity contribution >= 4 is 17.5 Å². The summed E-state index contributed by atoms with van der Waals surface area (Å²) in [7, 11) is 1.75. The standard InChI is InChI=1S/C11H15ClN2O/c1-13-8-11(15)14-7-6-9-2-4-10(12)5-3-9/h2-5,13H,6-8H2,1H3,(H,14,15). The van der Waals surface area contributed by atoms with Gasteiger partial charge in [0.25, 0.3) is 0 Å². The molecule has 0 aliphatic rings. The van der Waals surface area contributed by atoms with Gasteiger partial charge in [0.2, 0.25) is 5.91 Å². The van der Waals surface area contributed by atoms with Crippen molar-refractivity contribution in [1.82, 2.24) is 10.6 Å². The molecule has 1 rings (SSSR count). The lowest BCUT2D eigenvalue weighted by atomic mass is 10.1. The van der Waals surface area contributed by atoms with E-state index in [4.69, 9.17) is 11.6 Å². The van der Waals surface area contributed by atoms with Crippen LogP contribution in [0.25, 0.3) is 0 Å². The molecule has 0 saturated heterocycles. The topological polar surface area (TPSA) is 41.1 Å². The summed E-state index contributed by atoms with van der Waals surface area (Å²) in [5, 5.41) is 6.34. The number of hydrogen-bond acceptors (Lipinski definition) is 2. The van der Waals surface area contributed by atoms with E-state index in [1.807, 2.05) is 24.3 Å². The van der Waals surface area contributed by atoms with Crippen LogP contribution in [0.2, 0.25) is 5.02 Å². The molecular formula is C11H15ClN2O. The van der Waals surface area contributed by atoms with Crippen molar-refractivity contribution in [3.63, 3.8) is 0 Å². The molecule has 1 amide bonds. The lowest BCUT2D eigenvalue weighted by Crippen LogP contribution is -2.33. The number of halogens is 1. The van der Waals surface area contributed by atoms with E-state index in [9.17, 15) is 4.79 Å². The molecule has 0 aliphatic heterocycles. The summed E-state index contributed by atoms with van der Waals surface area (Å²) in [6.45, 7) is 1.02. The highest BCUT2D eigenvalue weighted by Gasteiger charge is 1.98. The largest absolute Gasteiger partial charge is 0.355 e. The Hall–Kier alpha value is -1.06. The molecular weight excluding hydrogens is 212 g/mol. The summed E-state index contributed by atoms with van der Waals surface area (Å²) in [5.74, 6) is 0.0199. The molecule has 0 heterocycles. The molecule has 0 unspecified atom stereocenters. The highest BCUT2D eigenvalue weighted by atomic mass is 35.5. The average molecular weight is 227 g/mol. The fourth-order valence-corrected chi connectivity index (χ4v) is 1.35. The van der Waals surface area contributed by atoms with E-state index in [1.165, 1.54) is 5.56 Å². The second kappa shape index (κ2) is 6.43. The van der Waals surface area contributed by atoms with Crippen LogP contribution in [0.3, 0.4) is 0 Å². The Morgan fingerprint density at radius 3 is 2.60 bits per heavy atom. The summed E-state index contributed by atoms with van der Waals surface area (Å²) in [6.07, 6.45) is 0.826. The summed E-state index contributed by atoms with van der Waals surface area (Å²) >= 11 is 5.76. The second-order valence-electron chi connectivity index (χ2n) is 3.26. The molecule has 4 heteroatoms. The Balaban J connectivity index is 2.26. The van der Waals surface area contributed by atoms with Gasteiger partial charge >= 0.3 is 0 Å². The third-order valence-corrected chi connectivity index (χ3v) is 2.24. The summed E-state index contributed by atoms with van der Waals surface area (Å²) in [4.78, 5) is 11.1. The maximum absolute atomic E-state index is 11.1. The van der Waals surface area contributed by atoms with E-state index in [2.05, 4.69) is 10.6 Å². The van der Waals surface area contributed by atoms with E-state index in [1.54, 1.807) is 7.05 Å². The van der Waals surface area contributed by atoms with Gasteiger partial charge in [0, 0.05) is 11.6 Å². The van der Waals surface area contributed by atoms with Crippen LogP contribution in [0.15, 0.2) is 24.3 Å². The van der Waals surface area contributed by atoms with E-state index < -0.39 is 0 Å². The lowest BCUT2D eigenvalue weighted by Gasteiger charge is -2.04. The van der Waals surface area contributed by atoms with E-state index >= 15 is 0 Å². The highest BCUT2D eigenvalue weighted by molar-refractivity contribution is 6.30. The van der Waals surface area contributed by atoms with Crippen LogP contribution < -0.4 is 10.6 Å². The van der Waals surface area contributed by atoms with E-state index in [0.717, 1.165) is 11.4 Å².